The molecular formula is C14H14N2OS. The van der Waals surface area contributed by atoms with Crippen LogP contribution in [0.2, 0.25) is 0 Å². The Kier molecular flexibility index (Phi) is 2.88. The fourth-order valence-corrected chi connectivity index (χ4v) is 3.02. The lowest BCUT2D eigenvalue weighted by atomic mass is 10.1. The minimum Gasteiger partial charge on any atom is -0.327 e. The maximum atomic E-state index is 12.1. The first kappa shape index (κ1) is 11.4. The zero-order valence-corrected chi connectivity index (χ0v) is 11.0. The number of fused-ring (bicyclic) bond motifs is 1. The molecule has 18 heavy (non-hydrogen) atoms. The molecule has 1 aliphatic carbocycles. The van der Waals surface area contributed by atoms with Gasteiger partial charge in [0, 0.05) is 24.2 Å². The largest absolute Gasteiger partial charge is 0.327 e. The summed E-state index contributed by atoms with van der Waals surface area (Å²) >= 11 is 1.47. The predicted molar refractivity (Wildman–Crippen MR) is 71.7 cm³/mol. The summed E-state index contributed by atoms with van der Waals surface area (Å²) < 4.78 is 1.86. The Morgan fingerprint density at radius 1 is 1.33 bits per heavy atom. The van der Waals surface area contributed by atoms with Crippen molar-refractivity contribution >= 4 is 17.2 Å². The Bertz CT molecular complexity index is 666. The van der Waals surface area contributed by atoms with Gasteiger partial charge in [-0.25, -0.2) is 0 Å². The number of carbonyl (C=O) groups is 1. The van der Waals surface area contributed by atoms with E-state index in [2.05, 4.69) is 11.1 Å². The first-order valence-electron chi connectivity index (χ1n) is 6.05. The number of hydrogen-bond donors (Lipinski definition) is 0. The number of aryl methyl sites for hydroxylation is 3. The van der Waals surface area contributed by atoms with Crippen LogP contribution in [0.3, 0.4) is 0 Å². The van der Waals surface area contributed by atoms with Crippen LogP contribution in [0.1, 0.15) is 27.9 Å². The molecule has 0 saturated heterocycles. The standard InChI is InChI=1S/C14H14N2OS/c1-16-7-8-18-14(16)15-13(17)12-6-5-10-3-2-4-11(10)9-12/h5-9H,2-4H2,1H3. The molecule has 1 amide bonds. The van der Waals surface area contributed by atoms with E-state index < -0.39 is 0 Å². The maximum absolute atomic E-state index is 12.1. The number of rotatable bonds is 1. The van der Waals surface area contributed by atoms with Crippen molar-refractivity contribution in [2.45, 2.75) is 19.3 Å². The highest BCUT2D eigenvalue weighted by molar-refractivity contribution is 7.07. The zero-order valence-electron chi connectivity index (χ0n) is 10.2. The zero-order chi connectivity index (χ0) is 12.5. The van der Waals surface area contributed by atoms with Crippen molar-refractivity contribution < 1.29 is 4.79 Å². The van der Waals surface area contributed by atoms with Crippen LogP contribution in [0.4, 0.5) is 0 Å². The second-order valence-corrected chi connectivity index (χ2v) is 5.42. The number of hydrogen-bond acceptors (Lipinski definition) is 2. The third kappa shape index (κ3) is 2.04. The third-order valence-corrected chi connectivity index (χ3v) is 4.15. The summed E-state index contributed by atoms with van der Waals surface area (Å²) in [5.41, 5.74) is 3.39. The Hall–Kier alpha value is -1.68. The van der Waals surface area contributed by atoms with Gasteiger partial charge in [0.2, 0.25) is 0 Å². The average molecular weight is 258 g/mol. The fourth-order valence-electron chi connectivity index (χ4n) is 2.29. The highest BCUT2D eigenvalue weighted by Crippen LogP contribution is 2.23. The number of carbonyl (C=O) groups excluding carboxylic acids is 1. The van der Waals surface area contributed by atoms with Crippen molar-refractivity contribution in [2.75, 3.05) is 0 Å². The van der Waals surface area contributed by atoms with Gasteiger partial charge < -0.3 is 4.57 Å². The smallest absolute Gasteiger partial charge is 0.279 e. The molecule has 0 fully saturated rings. The Labute approximate surface area is 109 Å². The highest BCUT2D eigenvalue weighted by atomic mass is 32.1. The molecule has 92 valence electrons. The quantitative estimate of drug-likeness (QED) is 0.773. The number of benzene rings is 1. The lowest BCUT2D eigenvalue weighted by Gasteiger charge is -2.01. The van der Waals surface area contributed by atoms with Gasteiger partial charge in [0.25, 0.3) is 5.91 Å². The van der Waals surface area contributed by atoms with Crippen LogP contribution in [-0.4, -0.2) is 10.5 Å². The molecule has 4 heteroatoms. The molecule has 0 N–H and O–H groups in total. The molecular weight excluding hydrogens is 244 g/mol. The molecule has 1 aliphatic rings. The molecule has 0 bridgehead atoms. The van der Waals surface area contributed by atoms with Gasteiger partial charge in [-0.15, -0.1) is 11.3 Å². The van der Waals surface area contributed by atoms with E-state index in [0.29, 0.717) is 5.56 Å². The Balaban J connectivity index is 1.96. The second kappa shape index (κ2) is 4.53. The highest BCUT2D eigenvalue weighted by Gasteiger charge is 2.13. The van der Waals surface area contributed by atoms with Gasteiger partial charge >= 0.3 is 0 Å². The molecule has 1 aromatic carbocycles. The van der Waals surface area contributed by atoms with Gasteiger partial charge in [-0.2, -0.15) is 4.99 Å². The van der Waals surface area contributed by atoms with Crippen molar-refractivity contribution in [1.82, 2.24) is 4.57 Å². The van der Waals surface area contributed by atoms with Gasteiger partial charge in [-0.05, 0) is 42.5 Å². The summed E-state index contributed by atoms with van der Waals surface area (Å²) in [5.74, 6) is -0.150. The van der Waals surface area contributed by atoms with E-state index in [9.17, 15) is 4.79 Å². The van der Waals surface area contributed by atoms with Gasteiger partial charge in [0.15, 0.2) is 4.80 Å². The van der Waals surface area contributed by atoms with Crippen LogP contribution >= 0.6 is 11.3 Å². The SMILES string of the molecule is Cn1ccsc1=NC(=O)c1ccc2c(c1)CCC2. The number of thiazole rings is 1. The molecule has 0 atom stereocenters. The van der Waals surface area contributed by atoms with Gasteiger partial charge in [0.05, 0.1) is 0 Å². The molecule has 0 unspecified atom stereocenters. The molecule has 3 rings (SSSR count). The molecule has 0 aliphatic heterocycles. The maximum Gasteiger partial charge on any atom is 0.279 e. The minimum absolute atomic E-state index is 0.150. The van der Waals surface area contributed by atoms with E-state index in [1.165, 1.54) is 28.9 Å². The van der Waals surface area contributed by atoms with E-state index in [1.54, 1.807) is 0 Å². The summed E-state index contributed by atoms with van der Waals surface area (Å²) in [6.45, 7) is 0. The van der Waals surface area contributed by atoms with Crippen LogP contribution in [0.5, 0.6) is 0 Å². The fraction of sp³-hybridized carbons (Fsp3) is 0.286. The number of nitrogens with zero attached hydrogens (tertiary/aromatic N) is 2. The monoisotopic (exact) mass is 258 g/mol. The van der Waals surface area contributed by atoms with Crippen molar-refractivity contribution in [3.8, 4) is 0 Å². The topological polar surface area (TPSA) is 34.4 Å². The van der Waals surface area contributed by atoms with E-state index in [4.69, 9.17) is 0 Å². The van der Waals surface area contributed by atoms with Crippen molar-refractivity contribution in [3.63, 3.8) is 0 Å². The Morgan fingerprint density at radius 2 is 2.17 bits per heavy atom. The van der Waals surface area contributed by atoms with Crippen LogP contribution in [-0.2, 0) is 19.9 Å². The van der Waals surface area contributed by atoms with Crippen molar-refractivity contribution in [3.05, 3.63) is 51.3 Å². The van der Waals surface area contributed by atoms with Crippen LogP contribution in [0, 0.1) is 0 Å². The van der Waals surface area contributed by atoms with E-state index >= 15 is 0 Å². The van der Waals surface area contributed by atoms with E-state index in [1.807, 2.05) is 35.3 Å². The minimum atomic E-state index is -0.150. The van der Waals surface area contributed by atoms with Crippen LogP contribution < -0.4 is 4.80 Å². The summed E-state index contributed by atoms with van der Waals surface area (Å²) in [4.78, 5) is 17.0. The summed E-state index contributed by atoms with van der Waals surface area (Å²) in [7, 11) is 1.89. The molecule has 1 aromatic heterocycles. The Morgan fingerprint density at radius 3 is 2.94 bits per heavy atom. The second-order valence-electron chi connectivity index (χ2n) is 4.55. The van der Waals surface area contributed by atoms with E-state index in [0.717, 1.165) is 17.6 Å². The van der Waals surface area contributed by atoms with Crippen molar-refractivity contribution in [1.29, 1.82) is 0 Å². The summed E-state index contributed by atoms with van der Waals surface area (Å²) in [5, 5.41) is 1.93. The first-order chi connectivity index (χ1) is 8.74. The third-order valence-electron chi connectivity index (χ3n) is 3.30. The van der Waals surface area contributed by atoms with Crippen LogP contribution in [0.25, 0.3) is 0 Å². The molecule has 0 saturated carbocycles. The molecule has 3 nitrogen and oxygen atoms in total. The van der Waals surface area contributed by atoms with Gasteiger partial charge in [-0.1, -0.05) is 6.07 Å². The summed E-state index contributed by atoms with van der Waals surface area (Å²) in [6, 6.07) is 5.96. The summed E-state index contributed by atoms with van der Waals surface area (Å²) in [6.07, 6.45) is 5.33. The lowest BCUT2D eigenvalue weighted by molar-refractivity contribution is 0.0998. The van der Waals surface area contributed by atoms with Gasteiger partial charge in [0.1, 0.15) is 0 Å². The van der Waals surface area contributed by atoms with E-state index in [-0.39, 0.29) is 5.91 Å². The lowest BCUT2D eigenvalue weighted by Crippen LogP contribution is -2.12. The number of aromatic nitrogens is 1. The molecule has 1 heterocycles. The van der Waals surface area contributed by atoms with Crippen molar-refractivity contribution in [2.24, 2.45) is 12.0 Å². The molecule has 0 spiro atoms. The van der Waals surface area contributed by atoms with Gasteiger partial charge in [-0.3, -0.25) is 4.79 Å². The normalized spacial score (nSPS) is 14.8. The first-order valence-corrected chi connectivity index (χ1v) is 6.93. The number of amides is 1. The predicted octanol–water partition coefficient (Wildman–Crippen LogP) is 2.32. The van der Waals surface area contributed by atoms with Crippen LogP contribution in [0.15, 0.2) is 34.8 Å². The average Bonchev–Trinajstić information content (AvgIpc) is 2.98. The molecule has 0 radical (unpaired) electrons. The molecule has 2 aromatic rings.